The van der Waals surface area contributed by atoms with Gasteiger partial charge in [0.25, 0.3) is 0 Å². The molecule has 3 heteroatoms. The largest absolute Gasteiger partial charge is 0.395 e. The van der Waals surface area contributed by atoms with Crippen molar-refractivity contribution < 1.29 is 5.11 Å². The van der Waals surface area contributed by atoms with E-state index in [0.29, 0.717) is 0 Å². The molecule has 0 saturated heterocycles. The Morgan fingerprint density at radius 2 is 2.09 bits per heavy atom. The topological polar surface area (TPSA) is 32.3 Å². The van der Waals surface area contributed by atoms with E-state index in [4.69, 9.17) is 5.11 Å². The van der Waals surface area contributed by atoms with E-state index in [-0.39, 0.29) is 6.61 Å². The molecule has 0 aromatic carbocycles. The van der Waals surface area contributed by atoms with Crippen LogP contribution in [0.1, 0.15) is 19.8 Å². The molecule has 0 aliphatic rings. The molecule has 0 aromatic heterocycles. The zero-order chi connectivity index (χ0) is 8.36. The molecule has 0 aliphatic carbocycles. The van der Waals surface area contributed by atoms with Crippen LogP contribution in [0, 0.1) is 0 Å². The first kappa shape index (κ1) is 11.3. The summed E-state index contributed by atoms with van der Waals surface area (Å²) in [5, 5.41) is 11.6. The summed E-state index contributed by atoms with van der Waals surface area (Å²) in [6.45, 7) is 4.23. The third-order valence-corrected chi connectivity index (χ3v) is 2.55. The van der Waals surface area contributed by atoms with Gasteiger partial charge in [-0.15, -0.1) is 0 Å². The van der Waals surface area contributed by atoms with Crippen molar-refractivity contribution >= 4 is 11.8 Å². The van der Waals surface area contributed by atoms with E-state index in [0.717, 1.165) is 13.1 Å². The van der Waals surface area contributed by atoms with Gasteiger partial charge in [-0.1, -0.05) is 6.92 Å². The van der Waals surface area contributed by atoms with Gasteiger partial charge in [0.15, 0.2) is 0 Å². The molecular formula is C8H19NOS. The summed E-state index contributed by atoms with van der Waals surface area (Å²) in [4.78, 5) is 0. The van der Waals surface area contributed by atoms with Crippen LogP contribution in [0.2, 0.25) is 0 Å². The van der Waals surface area contributed by atoms with Crippen LogP contribution in [0.4, 0.5) is 0 Å². The lowest BCUT2D eigenvalue weighted by atomic mass is 10.5. The number of hydrogen-bond acceptors (Lipinski definition) is 3. The van der Waals surface area contributed by atoms with E-state index in [2.05, 4.69) is 12.2 Å². The van der Waals surface area contributed by atoms with Gasteiger partial charge in [-0.3, -0.25) is 0 Å². The van der Waals surface area contributed by atoms with E-state index in [1.807, 2.05) is 11.8 Å². The molecular weight excluding hydrogens is 158 g/mol. The van der Waals surface area contributed by atoms with Gasteiger partial charge in [-0.05, 0) is 30.9 Å². The predicted molar refractivity (Wildman–Crippen MR) is 52.2 cm³/mol. The predicted octanol–water partition coefficient (Wildman–Crippen LogP) is 1.10. The molecule has 0 amide bonds. The van der Waals surface area contributed by atoms with E-state index >= 15 is 0 Å². The van der Waals surface area contributed by atoms with Gasteiger partial charge in [0.05, 0.1) is 6.61 Å². The Morgan fingerprint density at radius 1 is 1.27 bits per heavy atom. The Morgan fingerprint density at radius 3 is 2.73 bits per heavy atom. The summed E-state index contributed by atoms with van der Waals surface area (Å²) >= 11 is 2.01. The normalized spacial score (nSPS) is 10.4. The number of aliphatic hydroxyl groups excluding tert-OH is 1. The van der Waals surface area contributed by atoms with Crippen molar-refractivity contribution in [1.82, 2.24) is 5.32 Å². The Bertz CT molecular complexity index is 63.1. The Balaban J connectivity index is 2.69. The molecule has 0 fully saturated rings. The lowest BCUT2D eigenvalue weighted by molar-refractivity contribution is 0.292. The first-order chi connectivity index (χ1) is 5.41. The molecule has 0 heterocycles. The molecule has 0 unspecified atom stereocenters. The van der Waals surface area contributed by atoms with Gasteiger partial charge in [0.1, 0.15) is 0 Å². The average molecular weight is 177 g/mol. The number of nitrogens with one attached hydrogen (secondary N) is 1. The van der Waals surface area contributed by atoms with E-state index in [9.17, 15) is 0 Å². The van der Waals surface area contributed by atoms with Crippen molar-refractivity contribution in [2.75, 3.05) is 31.2 Å². The number of thioether (sulfide) groups is 1. The molecule has 0 radical (unpaired) electrons. The second-order valence-electron chi connectivity index (χ2n) is 2.44. The molecule has 0 rings (SSSR count). The highest BCUT2D eigenvalue weighted by atomic mass is 32.2. The van der Waals surface area contributed by atoms with Crippen molar-refractivity contribution in [3.8, 4) is 0 Å². The zero-order valence-electron chi connectivity index (χ0n) is 7.31. The Kier molecular flexibility index (Phi) is 10.5. The molecule has 0 aromatic rings. The number of aliphatic hydroxyl groups is 1. The van der Waals surface area contributed by atoms with Crippen LogP contribution in [0.3, 0.4) is 0 Å². The van der Waals surface area contributed by atoms with Crippen LogP contribution >= 0.6 is 11.8 Å². The summed E-state index contributed by atoms with van der Waals surface area (Å²) in [5.41, 5.74) is 0. The molecule has 0 bridgehead atoms. The number of hydrogen-bond donors (Lipinski definition) is 2. The van der Waals surface area contributed by atoms with Gasteiger partial charge < -0.3 is 10.4 Å². The highest BCUT2D eigenvalue weighted by molar-refractivity contribution is 7.99. The minimum atomic E-state index is 0.252. The standard InChI is InChI=1S/C8H19NOS/c1-2-7-11-8-3-4-9-5-6-10/h9-10H,2-8H2,1H3. The highest BCUT2D eigenvalue weighted by Gasteiger charge is 1.87. The average Bonchev–Trinajstić information content (AvgIpc) is 2.03. The van der Waals surface area contributed by atoms with E-state index < -0.39 is 0 Å². The lowest BCUT2D eigenvalue weighted by Gasteiger charge is -2.01. The van der Waals surface area contributed by atoms with Crippen molar-refractivity contribution in [2.24, 2.45) is 0 Å². The van der Waals surface area contributed by atoms with Crippen LogP contribution in [-0.4, -0.2) is 36.3 Å². The van der Waals surface area contributed by atoms with E-state index in [1.54, 1.807) is 0 Å². The Hall–Kier alpha value is 0.270. The summed E-state index contributed by atoms with van der Waals surface area (Å²) in [6.07, 6.45) is 2.49. The fourth-order valence-electron chi connectivity index (χ4n) is 0.750. The first-order valence-electron chi connectivity index (χ1n) is 4.31. The van der Waals surface area contributed by atoms with Crippen molar-refractivity contribution in [3.05, 3.63) is 0 Å². The Labute approximate surface area is 73.8 Å². The lowest BCUT2D eigenvalue weighted by Crippen LogP contribution is -2.19. The van der Waals surface area contributed by atoms with Crippen LogP contribution in [0.5, 0.6) is 0 Å². The summed E-state index contributed by atoms with van der Waals surface area (Å²) < 4.78 is 0. The third kappa shape index (κ3) is 10.3. The van der Waals surface area contributed by atoms with Crippen LogP contribution in [0.15, 0.2) is 0 Å². The maximum absolute atomic E-state index is 8.44. The van der Waals surface area contributed by atoms with Gasteiger partial charge in [-0.2, -0.15) is 11.8 Å². The highest BCUT2D eigenvalue weighted by Crippen LogP contribution is 2.02. The second kappa shape index (κ2) is 10.3. The van der Waals surface area contributed by atoms with Crippen LogP contribution in [0.25, 0.3) is 0 Å². The van der Waals surface area contributed by atoms with Crippen LogP contribution < -0.4 is 5.32 Å². The zero-order valence-corrected chi connectivity index (χ0v) is 8.12. The van der Waals surface area contributed by atoms with Crippen molar-refractivity contribution in [1.29, 1.82) is 0 Å². The summed E-state index contributed by atoms with van der Waals surface area (Å²) in [7, 11) is 0. The maximum atomic E-state index is 8.44. The van der Waals surface area contributed by atoms with Crippen molar-refractivity contribution in [3.63, 3.8) is 0 Å². The van der Waals surface area contributed by atoms with Gasteiger partial charge in [0, 0.05) is 6.54 Å². The monoisotopic (exact) mass is 177 g/mol. The van der Waals surface area contributed by atoms with Gasteiger partial charge >= 0.3 is 0 Å². The molecule has 0 spiro atoms. The summed E-state index contributed by atoms with van der Waals surface area (Å²) in [6, 6.07) is 0. The number of rotatable bonds is 8. The third-order valence-electron chi connectivity index (χ3n) is 1.28. The SMILES string of the molecule is CCCSCCCNCCO. The molecule has 68 valence electrons. The molecule has 0 aliphatic heterocycles. The summed E-state index contributed by atoms with van der Waals surface area (Å²) in [5.74, 6) is 2.52. The van der Waals surface area contributed by atoms with Crippen LogP contribution in [-0.2, 0) is 0 Å². The van der Waals surface area contributed by atoms with E-state index in [1.165, 1.54) is 24.3 Å². The quantitative estimate of drug-likeness (QED) is 0.545. The molecule has 0 atom stereocenters. The van der Waals surface area contributed by atoms with Gasteiger partial charge in [0.2, 0.25) is 0 Å². The smallest absolute Gasteiger partial charge is 0.0555 e. The first-order valence-corrected chi connectivity index (χ1v) is 5.46. The minimum Gasteiger partial charge on any atom is -0.395 e. The molecule has 2 N–H and O–H groups in total. The molecule has 2 nitrogen and oxygen atoms in total. The minimum absolute atomic E-state index is 0.252. The maximum Gasteiger partial charge on any atom is 0.0555 e. The second-order valence-corrected chi connectivity index (χ2v) is 3.66. The van der Waals surface area contributed by atoms with Gasteiger partial charge in [-0.25, -0.2) is 0 Å². The van der Waals surface area contributed by atoms with Crippen molar-refractivity contribution in [2.45, 2.75) is 19.8 Å². The fraction of sp³-hybridized carbons (Fsp3) is 1.00. The fourth-order valence-corrected chi connectivity index (χ4v) is 1.59. The molecule has 0 saturated carbocycles. The molecule has 11 heavy (non-hydrogen) atoms.